The summed E-state index contributed by atoms with van der Waals surface area (Å²) in [6, 6.07) is 2.49. The maximum atomic E-state index is 12.7. The highest BCUT2D eigenvalue weighted by atomic mass is 19.4. The summed E-state index contributed by atoms with van der Waals surface area (Å²) in [6.07, 6.45) is -0.179. The van der Waals surface area contributed by atoms with Gasteiger partial charge in [-0.25, -0.2) is 9.97 Å². The van der Waals surface area contributed by atoms with Crippen LogP contribution in [-0.2, 0) is 18.0 Å². The smallest absolute Gasteiger partial charge is 0.356 e. The first kappa shape index (κ1) is 17.1. The molecule has 8 heteroatoms. The minimum atomic E-state index is -4.39. The van der Waals surface area contributed by atoms with E-state index in [2.05, 4.69) is 15.0 Å². The zero-order valence-corrected chi connectivity index (χ0v) is 14.4. The number of hydrogen-bond donors (Lipinski definition) is 1. The van der Waals surface area contributed by atoms with Gasteiger partial charge in [0.1, 0.15) is 11.6 Å². The summed E-state index contributed by atoms with van der Waals surface area (Å²) < 4.78 is 38.2. The molecule has 1 unspecified atom stereocenters. The molecule has 2 aliphatic rings. The van der Waals surface area contributed by atoms with Crippen LogP contribution in [-0.4, -0.2) is 28.0 Å². The Kier molecular flexibility index (Phi) is 3.82. The van der Waals surface area contributed by atoms with Gasteiger partial charge in [-0.3, -0.25) is 4.79 Å². The lowest BCUT2D eigenvalue weighted by Gasteiger charge is -2.41. The SMILES string of the molecule is Cc1nc2c(c(=O)[nH]1)CCC21CCCN(c2ccc(C(F)(F)F)cn2)C1. The molecular formula is C18H19F3N4O. The maximum absolute atomic E-state index is 12.7. The van der Waals surface area contributed by atoms with E-state index in [0.717, 1.165) is 49.3 Å². The van der Waals surface area contributed by atoms with E-state index in [4.69, 9.17) is 0 Å². The quantitative estimate of drug-likeness (QED) is 0.845. The zero-order chi connectivity index (χ0) is 18.5. The van der Waals surface area contributed by atoms with E-state index in [1.807, 2.05) is 4.90 Å². The minimum absolute atomic E-state index is 0.0749. The molecule has 0 radical (unpaired) electrons. The lowest BCUT2D eigenvalue weighted by atomic mass is 9.77. The number of pyridine rings is 1. The third kappa shape index (κ3) is 2.77. The van der Waals surface area contributed by atoms with Crippen LogP contribution in [0, 0.1) is 6.92 Å². The normalized spacial score (nSPS) is 22.7. The number of halogens is 3. The number of hydrogen-bond acceptors (Lipinski definition) is 4. The average molecular weight is 364 g/mol. The molecule has 0 saturated carbocycles. The highest BCUT2D eigenvalue weighted by Crippen LogP contribution is 2.43. The lowest BCUT2D eigenvalue weighted by Crippen LogP contribution is -2.46. The van der Waals surface area contributed by atoms with Crippen molar-refractivity contribution in [1.82, 2.24) is 15.0 Å². The Balaban J connectivity index is 1.65. The summed E-state index contributed by atoms with van der Waals surface area (Å²) in [7, 11) is 0. The minimum Gasteiger partial charge on any atom is -0.356 e. The van der Waals surface area contributed by atoms with Crippen LogP contribution in [0.5, 0.6) is 0 Å². The second-order valence-electron chi connectivity index (χ2n) is 7.19. The third-order valence-corrected chi connectivity index (χ3v) is 5.47. The van der Waals surface area contributed by atoms with Gasteiger partial charge < -0.3 is 9.88 Å². The molecule has 1 aliphatic carbocycles. The number of rotatable bonds is 1. The molecule has 4 rings (SSSR count). The van der Waals surface area contributed by atoms with Crippen molar-refractivity contribution in [1.29, 1.82) is 0 Å². The highest BCUT2D eigenvalue weighted by Gasteiger charge is 2.45. The van der Waals surface area contributed by atoms with Crippen molar-refractivity contribution < 1.29 is 13.2 Å². The monoisotopic (exact) mass is 364 g/mol. The van der Waals surface area contributed by atoms with Crippen LogP contribution in [0.1, 0.15) is 41.9 Å². The Labute approximate surface area is 148 Å². The predicted molar refractivity (Wildman–Crippen MR) is 90.3 cm³/mol. The number of nitrogens with zero attached hydrogens (tertiary/aromatic N) is 3. The largest absolute Gasteiger partial charge is 0.417 e. The average Bonchev–Trinajstić information content (AvgIpc) is 2.93. The summed E-state index contributed by atoms with van der Waals surface area (Å²) in [4.78, 5) is 25.6. The van der Waals surface area contributed by atoms with Crippen molar-refractivity contribution >= 4 is 5.82 Å². The second kappa shape index (κ2) is 5.82. The van der Waals surface area contributed by atoms with Crippen LogP contribution in [0.4, 0.5) is 19.0 Å². The molecule has 1 N–H and O–H groups in total. The molecule has 3 heterocycles. The summed E-state index contributed by atoms with van der Waals surface area (Å²) in [5.41, 5.74) is 0.558. The molecule has 1 fully saturated rings. The maximum Gasteiger partial charge on any atom is 0.417 e. The van der Waals surface area contributed by atoms with Crippen molar-refractivity contribution in [3.63, 3.8) is 0 Å². The van der Waals surface area contributed by atoms with Crippen molar-refractivity contribution in [2.75, 3.05) is 18.0 Å². The molecule has 1 saturated heterocycles. The molecule has 138 valence electrons. The van der Waals surface area contributed by atoms with Crippen LogP contribution in [0.15, 0.2) is 23.1 Å². The molecule has 0 aromatic carbocycles. The van der Waals surface area contributed by atoms with Gasteiger partial charge in [-0.05, 0) is 44.7 Å². The van der Waals surface area contributed by atoms with Gasteiger partial charge >= 0.3 is 6.18 Å². The number of piperidine rings is 1. The van der Waals surface area contributed by atoms with Gasteiger partial charge in [-0.2, -0.15) is 13.2 Å². The van der Waals surface area contributed by atoms with Crippen molar-refractivity contribution in [3.05, 3.63) is 51.3 Å². The van der Waals surface area contributed by atoms with E-state index in [9.17, 15) is 18.0 Å². The molecule has 26 heavy (non-hydrogen) atoms. The van der Waals surface area contributed by atoms with Crippen molar-refractivity contribution in [2.45, 2.75) is 44.2 Å². The van der Waals surface area contributed by atoms with Crippen LogP contribution in [0.3, 0.4) is 0 Å². The van der Waals surface area contributed by atoms with E-state index in [1.165, 1.54) is 6.07 Å². The number of fused-ring (bicyclic) bond motifs is 2. The number of aryl methyl sites for hydroxylation is 1. The fraction of sp³-hybridized carbons (Fsp3) is 0.500. The Morgan fingerprint density at radius 2 is 2.08 bits per heavy atom. The van der Waals surface area contributed by atoms with Crippen LogP contribution < -0.4 is 10.5 Å². The fourth-order valence-electron chi connectivity index (χ4n) is 4.23. The van der Waals surface area contributed by atoms with Gasteiger partial charge in [0.05, 0.1) is 11.3 Å². The first-order chi connectivity index (χ1) is 12.3. The first-order valence-electron chi connectivity index (χ1n) is 8.67. The van der Waals surface area contributed by atoms with Crippen LogP contribution in [0.2, 0.25) is 0 Å². The Morgan fingerprint density at radius 3 is 2.77 bits per heavy atom. The fourth-order valence-corrected chi connectivity index (χ4v) is 4.23. The van der Waals surface area contributed by atoms with Gasteiger partial charge in [0.2, 0.25) is 0 Å². The molecule has 2 aromatic heterocycles. The molecule has 1 aliphatic heterocycles. The summed E-state index contributed by atoms with van der Waals surface area (Å²) in [5, 5.41) is 0. The van der Waals surface area contributed by atoms with Crippen LogP contribution >= 0.6 is 0 Å². The molecule has 0 amide bonds. The number of aromatic amines is 1. The van der Waals surface area contributed by atoms with E-state index >= 15 is 0 Å². The zero-order valence-electron chi connectivity index (χ0n) is 14.4. The number of nitrogens with one attached hydrogen (secondary N) is 1. The number of alkyl halides is 3. The molecule has 0 bridgehead atoms. The van der Waals surface area contributed by atoms with Gasteiger partial charge in [0.25, 0.3) is 5.56 Å². The van der Waals surface area contributed by atoms with Crippen molar-refractivity contribution in [2.24, 2.45) is 0 Å². The topological polar surface area (TPSA) is 61.9 Å². The van der Waals surface area contributed by atoms with Crippen LogP contribution in [0.25, 0.3) is 0 Å². The van der Waals surface area contributed by atoms with Gasteiger partial charge in [-0.15, -0.1) is 0 Å². The Hall–Kier alpha value is -2.38. The Bertz CT molecular complexity index is 891. The molecular weight excluding hydrogens is 345 g/mol. The van der Waals surface area contributed by atoms with E-state index in [-0.39, 0.29) is 11.0 Å². The lowest BCUT2D eigenvalue weighted by molar-refractivity contribution is -0.137. The summed E-state index contributed by atoms with van der Waals surface area (Å²) >= 11 is 0. The second-order valence-corrected chi connectivity index (χ2v) is 7.19. The van der Waals surface area contributed by atoms with E-state index in [0.29, 0.717) is 24.6 Å². The number of aromatic nitrogens is 3. The highest BCUT2D eigenvalue weighted by molar-refractivity contribution is 5.44. The predicted octanol–water partition coefficient (Wildman–Crippen LogP) is 2.98. The molecule has 2 aromatic rings. The number of H-pyrrole nitrogens is 1. The van der Waals surface area contributed by atoms with Crippen molar-refractivity contribution in [3.8, 4) is 0 Å². The first-order valence-corrected chi connectivity index (χ1v) is 8.67. The van der Waals surface area contributed by atoms with Gasteiger partial charge in [0.15, 0.2) is 0 Å². The van der Waals surface area contributed by atoms with Gasteiger partial charge in [-0.1, -0.05) is 0 Å². The third-order valence-electron chi connectivity index (χ3n) is 5.47. The van der Waals surface area contributed by atoms with Gasteiger partial charge in [0, 0.05) is 30.3 Å². The Morgan fingerprint density at radius 1 is 1.27 bits per heavy atom. The standard InChI is InChI=1S/C18H19F3N4O/c1-11-23-15-13(16(26)24-11)5-7-17(15)6-2-8-25(10-17)14-4-3-12(9-22-14)18(19,20)21/h3-4,9H,2,5-8,10H2,1H3,(H,23,24,26). The summed E-state index contributed by atoms with van der Waals surface area (Å²) in [6.45, 7) is 3.12. The van der Waals surface area contributed by atoms with E-state index in [1.54, 1.807) is 6.92 Å². The summed E-state index contributed by atoms with van der Waals surface area (Å²) in [5.74, 6) is 1.13. The molecule has 5 nitrogen and oxygen atoms in total. The molecule has 1 atom stereocenters. The molecule has 1 spiro atoms. The van der Waals surface area contributed by atoms with E-state index < -0.39 is 11.7 Å². The number of anilines is 1.